The van der Waals surface area contributed by atoms with E-state index in [2.05, 4.69) is 9.47 Å². The molecule has 0 atom stereocenters. The van der Waals surface area contributed by atoms with Crippen molar-refractivity contribution in [3.8, 4) is 0 Å². The van der Waals surface area contributed by atoms with Crippen molar-refractivity contribution >= 4 is 10.2 Å². The Labute approximate surface area is 72.5 Å². The van der Waals surface area contributed by atoms with Crippen molar-refractivity contribution in [3.63, 3.8) is 0 Å². The van der Waals surface area contributed by atoms with Crippen LogP contribution in [0.5, 0.6) is 0 Å². The van der Waals surface area contributed by atoms with Crippen molar-refractivity contribution in [2.45, 2.75) is 25.4 Å². The normalized spacial score (nSPS) is 13.8. The van der Waals surface area contributed by atoms with Gasteiger partial charge in [-0.3, -0.25) is 0 Å². The van der Waals surface area contributed by atoms with E-state index >= 15 is 0 Å². The van der Waals surface area contributed by atoms with Gasteiger partial charge in [0.1, 0.15) is 0 Å². The molecule has 0 aromatic carbocycles. The lowest BCUT2D eigenvalue weighted by molar-refractivity contribution is -0.335. The van der Waals surface area contributed by atoms with Gasteiger partial charge in [-0.25, -0.2) is 0 Å². The molecule has 6 heteroatoms. The number of halogens is 3. The number of hydrogen-bond donors (Lipinski definition) is 0. The standard InChI is InChI=1S/C6H13F3O2Si/c1-3-10-6(12,11-4-2)5(7,8)9/h3-4H2,1-2,12H3. The van der Waals surface area contributed by atoms with Crippen molar-refractivity contribution in [1.82, 2.24) is 0 Å². The van der Waals surface area contributed by atoms with Crippen LogP contribution in [0.25, 0.3) is 0 Å². The average Bonchev–Trinajstić information content (AvgIpc) is 1.86. The third-order valence-electron chi connectivity index (χ3n) is 1.35. The highest BCUT2D eigenvalue weighted by Gasteiger charge is 2.52. The summed E-state index contributed by atoms with van der Waals surface area (Å²) in [6.07, 6.45) is -4.43. The van der Waals surface area contributed by atoms with E-state index in [-0.39, 0.29) is 23.5 Å². The average molecular weight is 202 g/mol. The van der Waals surface area contributed by atoms with Crippen LogP contribution in [0.4, 0.5) is 13.2 Å². The lowest BCUT2D eigenvalue weighted by atomic mass is 10.6. The monoisotopic (exact) mass is 202 g/mol. The molecule has 0 rings (SSSR count). The van der Waals surface area contributed by atoms with Crippen LogP contribution < -0.4 is 0 Å². The third kappa shape index (κ3) is 2.76. The van der Waals surface area contributed by atoms with Gasteiger partial charge in [0.2, 0.25) is 5.41 Å². The Bertz CT molecular complexity index is 131. The molecule has 0 saturated carbocycles. The molecule has 0 aliphatic carbocycles. The third-order valence-corrected chi connectivity index (χ3v) is 2.50. The van der Waals surface area contributed by atoms with E-state index in [0.29, 0.717) is 0 Å². The zero-order chi connectivity index (χ0) is 9.83. The van der Waals surface area contributed by atoms with Crippen LogP contribution in [-0.4, -0.2) is 35.0 Å². The molecule has 0 aromatic rings. The minimum atomic E-state index is -4.43. The van der Waals surface area contributed by atoms with Crippen LogP contribution in [0, 0.1) is 0 Å². The fraction of sp³-hybridized carbons (Fsp3) is 1.00. The summed E-state index contributed by atoms with van der Waals surface area (Å²) in [4.78, 5) is 0. The largest absolute Gasteiger partial charge is 0.437 e. The van der Waals surface area contributed by atoms with Gasteiger partial charge in [0.05, 0.1) is 10.2 Å². The smallest absolute Gasteiger partial charge is 0.347 e. The molecule has 0 unspecified atom stereocenters. The Hall–Kier alpha value is -0.0731. The lowest BCUT2D eigenvalue weighted by Gasteiger charge is -2.31. The molecule has 2 nitrogen and oxygen atoms in total. The topological polar surface area (TPSA) is 18.5 Å². The van der Waals surface area contributed by atoms with Crippen LogP contribution in [0.15, 0.2) is 0 Å². The van der Waals surface area contributed by atoms with E-state index in [1.807, 2.05) is 0 Å². The predicted molar refractivity (Wildman–Crippen MR) is 42.0 cm³/mol. The molecule has 74 valence electrons. The molecular weight excluding hydrogens is 189 g/mol. The SMILES string of the molecule is CCOC([SiH3])(OCC)C(F)(F)F. The molecule has 0 N–H and O–H groups in total. The summed E-state index contributed by atoms with van der Waals surface area (Å²) in [5.41, 5.74) is -2.32. The maximum absolute atomic E-state index is 12.3. The van der Waals surface area contributed by atoms with Gasteiger partial charge >= 0.3 is 6.18 Å². The summed E-state index contributed by atoms with van der Waals surface area (Å²) in [5.74, 6) is 0. The first kappa shape index (κ1) is 11.9. The Balaban J connectivity index is 4.38. The maximum atomic E-state index is 12.3. The van der Waals surface area contributed by atoms with Crippen LogP contribution >= 0.6 is 0 Å². The van der Waals surface area contributed by atoms with Gasteiger partial charge in [-0.2, -0.15) is 13.2 Å². The van der Waals surface area contributed by atoms with E-state index in [9.17, 15) is 13.2 Å². The first-order chi connectivity index (χ1) is 5.37. The fourth-order valence-electron chi connectivity index (χ4n) is 0.756. The van der Waals surface area contributed by atoms with E-state index < -0.39 is 11.6 Å². The second kappa shape index (κ2) is 4.24. The molecular formula is C6H13F3O2Si. The number of rotatable bonds is 4. The molecule has 0 saturated heterocycles. The van der Waals surface area contributed by atoms with Gasteiger partial charge < -0.3 is 9.47 Å². The molecule has 0 aromatic heterocycles. The van der Waals surface area contributed by atoms with Crippen molar-refractivity contribution in [2.75, 3.05) is 13.2 Å². The van der Waals surface area contributed by atoms with Gasteiger partial charge in [0.15, 0.2) is 0 Å². The highest BCUT2D eigenvalue weighted by atomic mass is 28.1. The zero-order valence-corrected chi connectivity index (χ0v) is 9.36. The highest BCUT2D eigenvalue weighted by molar-refractivity contribution is 6.14. The van der Waals surface area contributed by atoms with E-state index in [0.717, 1.165) is 0 Å². The number of alkyl halides is 3. The fourth-order valence-corrected chi connectivity index (χ4v) is 1.33. The summed E-state index contributed by atoms with van der Waals surface area (Å²) >= 11 is 0. The van der Waals surface area contributed by atoms with E-state index in [1.54, 1.807) is 0 Å². The van der Waals surface area contributed by atoms with Crippen molar-refractivity contribution in [1.29, 1.82) is 0 Å². The van der Waals surface area contributed by atoms with Crippen molar-refractivity contribution in [3.05, 3.63) is 0 Å². The first-order valence-corrected chi connectivity index (χ1v) is 4.72. The second-order valence-corrected chi connectivity index (χ2v) is 3.63. The van der Waals surface area contributed by atoms with Gasteiger partial charge in [0.25, 0.3) is 0 Å². The second-order valence-electron chi connectivity index (χ2n) is 2.31. The summed E-state index contributed by atoms with van der Waals surface area (Å²) in [6, 6.07) is 0. The van der Waals surface area contributed by atoms with E-state index in [4.69, 9.17) is 0 Å². The van der Waals surface area contributed by atoms with Gasteiger partial charge in [-0.1, -0.05) is 0 Å². The molecule has 0 amide bonds. The maximum Gasteiger partial charge on any atom is 0.437 e. The quantitative estimate of drug-likeness (QED) is 0.492. The molecule has 0 aliphatic heterocycles. The summed E-state index contributed by atoms with van der Waals surface area (Å²) in [6.45, 7) is 3.03. The molecule has 12 heavy (non-hydrogen) atoms. The summed E-state index contributed by atoms with van der Waals surface area (Å²) in [5, 5.41) is 0. The summed E-state index contributed by atoms with van der Waals surface area (Å²) < 4.78 is 45.9. The number of hydrogen-bond acceptors (Lipinski definition) is 2. The van der Waals surface area contributed by atoms with Crippen LogP contribution in [0.1, 0.15) is 13.8 Å². The zero-order valence-electron chi connectivity index (χ0n) is 7.36. The first-order valence-electron chi connectivity index (χ1n) is 3.72. The molecule has 0 fully saturated rings. The molecule has 0 aliphatic rings. The Morgan fingerprint density at radius 3 is 1.58 bits per heavy atom. The minimum Gasteiger partial charge on any atom is -0.347 e. The van der Waals surface area contributed by atoms with Crippen molar-refractivity contribution < 1.29 is 22.6 Å². The van der Waals surface area contributed by atoms with Gasteiger partial charge in [-0.05, 0) is 13.8 Å². The Morgan fingerprint density at radius 2 is 1.42 bits per heavy atom. The molecule has 0 spiro atoms. The van der Waals surface area contributed by atoms with Crippen LogP contribution in [0.2, 0.25) is 0 Å². The molecule has 0 radical (unpaired) electrons. The minimum absolute atomic E-state index is 0.00299. The van der Waals surface area contributed by atoms with Crippen LogP contribution in [0.3, 0.4) is 0 Å². The van der Waals surface area contributed by atoms with Gasteiger partial charge in [-0.15, -0.1) is 0 Å². The summed E-state index contributed by atoms with van der Waals surface area (Å²) in [7, 11) is -0.223. The van der Waals surface area contributed by atoms with Crippen LogP contribution in [-0.2, 0) is 9.47 Å². The lowest BCUT2D eigenvalue weighted by Crippen LogP contribution is -2.50. The Kier molecular flexibility index (Phi) is 4.22. The number of ether oxygens (including phenoxy) is 2. The predicted octanol–water partition coefficient (Wildman–Crippen LogP) is 0.641. The van der Waals surface area contributed by atoms with Gasteiger partial charge in [0, 0.05) is 13.2 Å². The highest BCUT2D eigenvalue weighted by Crippen LogP contribution is 2.31. The van der Waals surface area contributed by atoms with E-state index in [1.165, 1.54) is 13.8 Å². The Morgan fingerprint density at radius 1 is 1.08 bits per heavy atom. The molecule has 0 heterocycles. The van der Waals surface area contributed by atoms with Crippen molar-refractivity contribution in [2.24, 2.45) is 0 Å². The molecule has 0 bridgehead atoms.